The summed E-state index contributed by atoms with van der Waals surface area (Å²) in [6.45, 7) is 4.68. The first-order chi connectivity index (χ1) is 6.22. The molecule has 0 aliphatic heterocycles. The third-order valence-electron chi connectivity index (χ3n) is 1.22. The highest BCUT2D eigenvalue weighted by Gasteiger charge is 2.25. The van der Waals surface area contributed by atoms with Gasteiger partial charge in [0.05, 0.1) is 6.42 Å². The zero-order chi connectivity index (χ0) is 11.4. The van der Waals surface area contributed by atoms with E-state index in [0.29, 0.717) is 6.92 Å². The Morgan fingerprint density at radius 1 is 1.43 bits per heavy atom. The number of halogens is 2. The summed E-state index contributed by atoms with van der Waals surface area (Å²) >= 11 is 0. The zero-order valence-corrected chi connectivity index (χ0v) is 8.10. The highest BCUT2D eigenvalue weighted by Crippen LogP contribution is 2.16. The van der Waals surface area contributed by atoms with Gasteiger partial charge in [-0.3, -0.25) is 4.79 Å². The maximum Gasteiger partial charge on any atom is 0.333 e. The summed E-state index contributed by atoms with van der Waals surface area (Å²) in [5, 5.41) is 0. The van der Waals surface area contributed by atoms with E-state index < -0.39 is 30.7 Å². The number of ether oxygens (including phenoxy) is 1. The molecule has 14 heavy (non-hydrogen) atoms. The van der Waals surface area contributed by atoms with Crippen molar-refractivity contribution in [3.63, 3.8) is 0 Å². The van der Waals surface area contributed by atoms with E-state index in [1.807, 2.05) is 0 Å². The van der Waals surface area contributed by atoms with Crippen molar-refractivity contribution in [3.8, 4) is 0 Å². The number of hydrogen-bond acceptors (Lipinski definition) is 3. The van der Waals surface area contributed by atoms with Crippen LogP contribution in [0.4, 0.5) is 8.78 Å². The van der Waals surface area contributed by atoms with Crippen LogP contribution in [-0.4, -0.2) is 24.3 Å². The first kappa shape index (κ1) is 12.7. The molecule has 3 nitrogen and oxygen atoms in total. The van der Waals surface area contributed by atoms with Gasteiger partial charge in [-0.1, -0.05) is 6.58 Å². The molecule has 0 aromatic heterocycles. The Kier molecular flexibility index (Phi) is 4.40. The summed E-state index contributed by atoms with van der Waals surface area (Å²) in [5.41, 5.74) is 0.126. The van der Waals surface area contributed by atoms with Gasteiger partial charge in [-0.15, -0.1) is 0 Å². The molecule has 5 heteroatoms. The molecule has 0 fully saturated rings. The van der Waals surface area contributed by atoms with E-state index in [-0.39, 0.29) is 5.57 Å². The predicted molar refractivity (Wildman–Crippen MR) is 46.0 cm³/mol. The fraction of sp³-hybridized carbons (Fsp3) is 0.556. The van der Waals surface area contributed by atoms with Crippen LogP contribution in [0.25, 0.3) is 0 Å². The molecule has 0 spiro atoms. The van der Waals surface area contributed by atoms with E-state index in [9.17, 15) is 18.4 Å². The molecule has 0 aromatic carbocycles. The van der Waals surface area contributed by atoms with Gasteiger partial charge in [0.2, 0.25) is 0 Å². The van der Waals surface area contributed by atoms with Crippen LogP contribution in [0, 0.1) is 0 Å². The Balaban J connectivity index is 3.87. The molecule has 0 aliphatic rings. The van der Waals surface area contributed by atoms with Gasteiger partial charge in [-0.25, -0.2) is 13.6 Å². The van der Waals surface area contributed by atoms with Crippen LogP contribution in [0.1, 0.15) is 20.3 Å². The maximum atomic E-state index is 12.3. The van der Waals surface area contributed by atoms with Crippen molar-refractivity contribution in [1.29, 1.82) is 0 Å². The summed E-state index contributed by atoms with van der Waals surface area (Å²) in [7, 11) is 0. The average molecular weight is 206 g/mol. The van der Waals surface area contributed by atoms with Crippen LogP contribution in [0.5, 0.6) is 0 Å². The Hall–Kier alpha value is -1.26. The number of carbonyl (C=O) groups excluding carboxylic acids is 2. The Morgan fingerprint density at radius 3 is 2.29 bits per heavy atom. The smallest absolute Gasteiger partial charge is 0.333 e. The molecule has 0 rings (SSSR count). The van der Waals surface area contributed by atoms with Crippen LogP contribution in [0.15, 0.2) is 12.2 Å². The fourth-order valence-electron chi connectivity index (χ4n) is 0.666. The molecule has 0 bridgehead atoms. The highest BCUT2D eigenvalue weighted by atomic mass is 19.3. The second-order valence-corrected chi connectivity index (χ2v) is 3.14. The number of ketones is 1. The normalized spacial score (nSPS) is 10.9. The number of Topliss-reactive ketones (excluding diaryl/α,β-unsaturated/α-hetero) is 1. The highest BCUT2D eigenvalue weighted by molar-refractivity contribution is 5.89. The molecular weight excluding hydrogens is 194 g/mol. The van der Waals surface area contributed by atoms with Crippen molar-refractivity contribution in [1.82, 2.24) is 0 Å². The number of hydrogen-bond donors (Lipinski definition) is 0. The standard InChI is InChI=1S/C9H12F2O3/c1-6(2)8(13)14-5-7(12)4-9(3,10)11/h1,4-5H2,2-3H3. The lowest BCUT2D eigenvalue weighted by Crippen LogP contribution is -2.21. The van der Waals surface area contributed by atoms with Gasteiger partial charge >= 0.3 is 5.97 Å². The summed E-state index contributed by atoms with van der Waals surface area (Å²) in [4.78, 5) is 21.6. The van der Waals surface area contributed by atoms with Crippen molar-refractivity contribution < 1.29 is 23.1 Å². The molecule has 0 radical (unpaired) electrons. The Morgan fingerprint density at radius 2 is 1.93 bits per heavy atom. The molecule has 0 unspecified atom stereocenters. The summed E-state index contributed by atoms with van der Waals surface area (Å²) < 4.78 is 28.9. The molecule has 80 valence electrons. The lowest BCUT2D eigenvalue weighted by atomic mass is 10.2. The molecule has 0 saturated carbocycles. The van der Waals surface area contributed by atoms with Gasteiger partial charge in [0.15, 0.2) is 12.4 Å². The SMILES string of the molecule is C=C(C)C(=O)OCC(=O)CC(C)(F)F. The molecule has 0 N–H and O–H groups in total. The lowest BCUT2D eigenvalue weighted by molar-refractivity contribution is -0.146. The number of esters is 1. The van der Waals surface area contributed by atoms with Gasteiger partial charge in [-0.05, 0) is 13.8 Å². The third kappa shape index (κ3) is 6.28. The zero-order valence-electron chi connectivity index (χ0n) is 8.10. The van der Waals surface area contributed by atoms with Gasteiger partial charge in [0.25, 0.3) is 5.92 Å². The topological polar surface area (TPSA) is 43.4 Å². The lowest BCUT2D eigenvalue weighted by Gasteiger charge is -2.08. The molecule has 0 heterocycles. The van der Waals surface area contributed by atoms with Crippen molar-refractivity contribution in [2.24, 2.45) is 0 Å². The number of alkyl halides is 2. The molecule has 0 amide bonds. The molecular formula is C9H12F2O3. The number of carbonyl (C=O) groups is 2. The van der Waals surface area contributed by atoms with Gasteiger partial charge < -0.3 is 4.74 Å². The second kappa shape index (κ2) is 4.83. The van der Waals surface area contributed by atoms with E-state index in [4.69, 9.17) is 0 Å². The van der Waals surface area contributed by atoms with E-state index in [1.165, 1.54) is 6.92 Å². The van der Waals surface area contributed by atoms with Crippen LogP contribution in [0.2, 0.25) is 0 Å². The van der Waals surface area contributed by atoms with Gasteiger partial charge in [-0.2, -0.15) is 0 Å². The quantitative estimate of drug-likeness (QED) is 0.508. The van der Waals surface area contributed by atoms with E-state index in [2.05, 4.69) is 11.3 Å². The molecule has 0 aromatic rings. The largest absolute Gasteiger partial charge is 0.454 e. The summed E-state index contributed by atoms with van der Waals surface area (Å²) in [6.07, 6.45) is -0.920. The van der Waals surface area contributed by atoms with Crippen molar-refractivity contribution in [3.05, 3.63) is 12.2 Å². The molecule has 0 saturated heterocycles. The van der Waals surface area contributed by atoms with Gasteiger partial charge in [0.1, 0.15) is 0 Å². The van der Waals surface area contributed by atoms with Crippen LogP contribution in [0.3, 0.4) is 0 Å². The number of rotatable bonds is 5. The van der Waals surface area contributed by atoms with Crippen LogP contribution in [-0.2, 0) is 14.3 Å². The minimum atomic E-state index is -3.06. The maximum absolute atomic E-state index is 12.3. The third-order valence-corrected chi connectivity index (χ3v) is 1.22. The fourth-order valence-corrected chi connectivity index (χ4v) is 0.666. The second-order valence-electron chi connectivity index (χ2n) is 3.14. The molecule has 0 atom stereocenters. The average Bonchev–Trinajstić information content (AvgIpc) is 1.96. The molecule has 0 aliphatic carbocycles. The summed E-state index contributed by atoms with van der Waals surface area (Å²) in [6, 6.07) is 0. The first-order valence-corrected chi connectivity index (χ1v) is 3.94. The van der Waals surface area contributed by atoms with Crippen molar-refractivity contribution >= 4 is 11.8 Å². The van der Waals surface area contributed by atoms with Gasteiger partial charge in [0, 0.05) is 5.57 Å². The van der Waals surface area contributed by atoms with E-state index in [1.54, 1.807) is 0 Å². The van der Waals surface area contributed by atoms with Crippen LogP contribution < -0.4 is 0 Å². The van der Waals surface area contributed by atoms with Crippen molar-refractivity contribution in [2.45, 2.75) is 26.2 Å². The minimum absolute atomic E-state index is 0.126. The first-order valence-electron chi connectivity index (χ1n) is 3.94. The van der Waals surface area contributed by atoms with E-state index in [0.717, 1.165) is 0 Å². The Bertz CT molecular complexity index is 253. The predicted octanol–water partition coefficient (Wildman–Crippen LogP) is 1.72. The minimum Gasteiger partial charge on any atom is -0.454 e. The monoisotopic (exact) mass is 206 g/mol. The summed E-state index contributed by atoms with van der Waals surface area (Å²) in [5.74, 6) is -4.63. The van der Waals surface area contributed by atoms with E-state index >= 15 is 0 Å². The van der Waals surface area contributed by atoms with Crippen molar-refractivity contribution in [2.75, 3.05) is 6.61 Å². The van der Waals surface area contributed by atoms with Crippen LogP contribution >= 0.6 is 0 Å². The Labute approximate surface area is 80.7 Å².